The van der Waals surface area contributed by atoms with Crippen LogP contribution >= 0.6 is 0 Å². The fraction of sp³-hybridized carbons (Fsp3) is 0.267. The number of amides is 1. The average Bonchev–Trinajstić information content (AvgIpc) is 3.37. The Morgan fingerprint density at radius 2 is 1.68 bits per heavy atom. The number of methoxy groups -OCH3 is 1. The Labute approximate surface area is 221 Å². The topological polar surface area (TPSA) is 75.9 Å². The molecular weight excluding hydrogens is 476 g/mol. The predicted molar refractivity (Wildman–Crippen MR) is 148 cm³/mol. The van der Waals surface area contributed by atoms with Crippen LogP contribution in [0.5, 0.6) is 5.75 Å². The third-order valence-electron chi connectivity index (χ3n) is 7.25. The van der Waals surface area contributed by atoms with E-state index in [9.17, 15) is 4.79 Å². The summed E-state index contributed by atoms with van der Waals surface area (Å²) in [7, 11) is 1.64. The van der Waals surface area contributed by atoms with Crippen LogP contribution in [-0.4, -0.2) is 63.2 Å². The monoisotopic (exact) mass is 506 g/mol. The Hall–Kier alpha value is -4.46. The van der Waals surface area contributed by atoms with E-state index in [-0.39, 0.29) is 11.9 Å². The molecule has 8 nitrogen and oxygen atoms in total. The summed E-state index contributed by atoms with van der Waals surface area (Å²) >= 11 is 0. The lowest BCUT2D eigenvalue weighted by atomic mass is 10.1. The molecule has 192 valence electrons. The summed E-state index contributed by atoms with van der Waals surface area (Å²) in [6.07, 6.45) is 1.03. The van der Waals surface area contributed by atoms with Gasteiger partial charge in [0, 0.05) is 37.5 Å². The summed E-state index contributed by atoms with van der Waals surface area (Å²) in [6.45, 7) is 4.09. The quantitative estimate of drug-likeness (QED) is 0.344. The van der Waals surface area contributed by atoms with Gasteiger partial charge >= 0.3 is 0 Å². The van der Waals surface area contributed by atoms with Crippen molar-refractivity contribution >= 4 is 28.4 Å². The number of anilines is 1. The van der Waals surface area contributed by atoms with Gasteiger partial charge in [-0.2, -0.15) is 0 Å². The van der Waals surface area contributed by atoms with Crippen molar-refractivity contribution in [2.24, 2.45) is 0 Å². The van der Waals surface area contributed by atoms with Crippen molar-refractivity contribution in [1.29, 1.82) is 0 Å². The zero-order chi connectivity index (χ0) is 26.1. The van der Waals surface area contributed by atoms with Gasteiger partial charge in [0.05, 0.1) is 19.0 Å². The second-order valence-corrected chi connectivity index (χ2v) is 9.77. The van der Waals surface area contributed by atoms with Gasteiger partial charge in [0.2, 0.25) is 11.9 Å². The maximum atomic E-state index is 13.2. The molecule has 1 atom stereocenters. The maximum absolute atomic E-state index is 13.2. The van der Waals surface area contributed by atoms with Crippen molar-refractivity contribution in [3.8, 4) is 5.75 Å². The van der Waals surface area contributed by atoms with E-state index in [2.05, 4.69) is 38.6 Å². The molecule has 3 heterocycles. The van der Waals surface area contributed by atoms with Crippen LogP contribution in [0.1, 0.15) is 23.9 Å². The van der Waals surface area contributed by atoms with Crippen molar-refractivity contribution in [2.75, 3.05) is 31.6 Å². The van der Waals surface area contributed by atoms with Crippen LogP contribution in [0.2, 0.25) is 0 Å². The largest absolute Gasteiger partial charge is 0.497 e. The lowest BCUT2D eigenvalue weighted by Gasteiger charge is -2.40. The number of carbonyl (C=O) groups is 1. The molecule has 5 aromatic rings. The molecule has 0 radical (unpaired) electrons. The number of carbonyl (C=O) groups excluding carboxylic acids is 1. The lowest BCUT2D eigenvalue weighted by molar-refractivity contribution is -0.132. The highest BCUT2D eigenvalue weighted by molar-refractivity contribution is 5.92. The van der Waals surface area contributed by atoms with E-state index in [0.717, 1.165) is 39.6 Å². The number of rotatable bonds is 6. The second-order valence-electron chi connectivity index (χ2n) is 9.77. The Balaban J connectivity index is 1.29. The van der Waals surface area contributed by atoms with Gasteiger partial charge in [-0.25, -0.2) is 9.38 Å². The Morgan fingerprint density at radius 1 is 0.921 bits per heavy atom. The molecule has 0 saturated carbocycles. The van der Waals surface area contributed by atoms with E-state index in [1.807, 2.05) is 71.6 Å². The van der Waals surface area contributed by atoms with Crippen molar-refractivity contribution < 1.29 is 9.53 Å². The van der Waals surface area contributed by atoms with Gasteiger partial charge in [-0.1, -0.05) is 54.6 Å². The number of ether oxygens (including phenoxy) is 1. The zero-order valence-electron chi connectivity index (χ0n) is 21.6. The smallest absolute Gasteiger partial charge is 0.227 e. The molecule has 1 amide bonds. The van der Waals surface area contributed by atoms with E-state index in [1.54, 1.807) is 7.11 Å². The first-order valence-electron chi connectivity index (χ1n) is 12.9. The summed E-state index contributed by atoms with van der Waals surface area (Å²) in [5.41, 5.74) is 3.85. The normalized spacial score (nSPS) is 15.8. The van der Waals surface area contributed by atoms with Crippen molar-refractivity contribution in [2.45, 2.75) is 25.8 Å². The SMILES string of the molecule is COc1ccc(CC(=O)N2CCN(c3nc4ccccc4c4nnc(Cc5ccccc5)n34)CC2C)cc1. The third kappa shape index (κ3) is 4.53. The van der Waals surface area contributed by atoms with Gasteiger partial charge in [0.15, 0.2) is 5.65 Å². The summed E-state index contributed by atoms with van der Waals surface area (Å²) in [5.74, 6) is 2.60. The molecule has 2 aromatic heterocycles. The number of benzene rings is 3. The molecule has 1 unspecified atom stereocenters. The van der Waals surface area contributed by atoms with Crippen LogP contribution < -0.4 is 9.64 Å². The summed E-state index contributed by atoms with van der Waals surface area (Å²) in [6, 6.07) is 26.1. The second kappa shape index (κ2) is 10.1. The first-order chi connectivity index (χ1) is 18.6. The fourth-order valence-electron chi connectivity index (χ4n) is 5.25. The number of hydrogen-bond donors (Lipinski definition) is 0. The minimum Gasteiger partial charge on any atom is -0.497 e. The molecule has 1 aliphatic rings. The number of nitrogens with zero attached hydrogens (tertiary/aromatic N) is 6. The molecule has 6 rings (SSSR count). The molecular formula is C30H30N6O2. The van der Waals surface area contributed by atoms with Gasteiger partial charge in [0.1, 0.15) is 11.6 Å². The average molecular weight is 507 g/mol. The highest BCUT2D eigenvalue weighted by atomic mass is 16.5. The summed E-state index contributed by atoms with van der Waals surface area (Å²) < 4.78 is 7.33. The first kappa shape index (κ1) is 23.9. The van der Waals surface area contributed by atoms with Crippen LogP contribution in [0, 0.1) is 0 Å². The number of hydrogen-bond acceptors (Lipinski definition) is 6. The number of aromatic nitrogens is 4. The Kier molecular flexibility index (Phi) is 6.37. The Morgan fingerprint density at radius 3 is 2.45 bits per heavy atom. The molecule has 0 N–H and O–H groups in total. The van der Waals surface area contributed by atoms with Crippen LogP contribution in [0.3, 0.4) is 0 Å². The highest BCUT2D eigenvalue weighted by Crippen LogP contribution is 2.27. The molecule has 0 aliphatic carbocycles. The van der Waals surface area contributed by atoms with E-state index in [0.29, 0.717) is 32.5 Å². The minimum absolute atomic E-state index is 0.0341. The molecule has 1 saturated heterocycles. The minimum atomic E-state index is 0.0341. The van der Waals surface area contributed by atoms with Gasteiger partial charge in [0.25, 0.3) is 0 Å². The molecule has 38 heavy (non-hydrogen) atoms. The summed E-state index contributed by atoms with van der Waals surface area (Å²) in [5, 5.41) is 10.2. The van der Waals surface area contributed by atoms with Crippen LogP contribution in [0.15, 0.2) is 78.9 Å². The van der Waals surface area contributed by atoms with Crippen LogP contribution in [-0.2, 0) is 17.6 Å². The molecule has 0 bridgehead atoms. The predicted octanol–water partition coefficient (Wildman–Crippen LogP) is 4.16. The number of para-hydroxylation sites is 1. The number of fused-ring (bicyclic) bond motifs is 3. The molecule has 0 spiro atoms. The van der Waals surface area contributed by atoms with E-state index in [1.165, 1.54) is 5.56 Å². The number of piperazine rings is 1. The van der Waals surface area contributed by atoms with Crippen molar-refractivity contribution in [3.63, 3.8) is 0 Å². The van der Waals surface area contributed by atoms with Gasteiger partial charge in [-0.15, -0.1) is 10.2 Å². The molecule has 8 heteroatoms. The zero-order valence-corrected chi connectivity index (χ0v) is 21.6. The standard InChI is InChI=1S/C30H30N6O2/c1-21-20-34(16-17-35(21)28(37)19-23-12-14-24(38-2)15-13-23)30-31-26-11-7-6-10-25(26)29-33-32-27(36(29)30)18-22-8-4-3-5-9-22/h3-15,21H,16-20H2,1-2H3. The van der Waals surface area contributed by atoms with E-state index in [4.69, 9.17) is 9.72 Å². The Bertz CT molecular complexity index is 1580. The van der Waals surface area contributed by atoms with Gasteiger partial charge in [-0.05, 0) is 42.3 Å². The third-order valence-corrected chi connectivity index (χ3v) is 7.25. The maximum Gasteiger partial charge on any atom is 0.227 e. The van der Waals surface area contributed by atoms with Crippen LogP contribution in [0.4, 0.5) is 5.95 Å². The summed E-state index contributed by atoms with van der Waals surface area (Å²) in [4.78, 5) is 22.5. The fourth-order valence-corrected chi connectivity index (χ4v) is 5.25. The van der Waals surface area contributed by atoms with Crippen molar-refractivity contribution in [1.82, 2.24) is 24.5 Å². The molecule has 1 aliphatic heterocycles. The first-order valence-corrected chi connectivity index (χ1v) is 12.9. The molecule has 1 fully saturated rings. The van der Waals surface area contributed by atoms with E-state index >= 15 is 0 Å². The lowest BCUT2D eigenvalue weighted by Crippen LogP contribution is -2.55. The highest BCUT2D eigenvalue weighted by Gasteiger charge is 2.30. The van der Waals surface area contributed by atoms with Crippen LogP contribution in [0.25, 0.3) is 16.6 Å². The van der Waals surface area contributed by atoms with E-state index < -0.39 is 0 Å². The van der Waals surface area contributed by atoms with Crippen molar-refractivity contribution in [3.05, 3.63) is 95.8 Å². The van der Waals surface area contributed by atoms with Gasteiger partial charge in [-0.3, -0.25) is 4.79 Å². The van der Waals surface area contributed by atoms with Gasteiger partial charge < -0.3 is 14.5 Å². The molecule has 3 aromatic carbocycles.